The van der Waals surface area contributed by atoms with Crippen LogP contribution in [0.4, 0.5) is 5.69 Å². The Kier molecular flexibility index (Phi) is 4.19. The Bertz CT molecular complexity index is 339. The smallest absolute Gasteiger partial charge is 0.340 e. The van der Waals surface area contributed by atoms with Gasteiger partial charge in [-0.15, -0.1) is 0 Å². The Balaban J connectivity index is 3.01. The topological polar surface area (TPSA) is 38.3 Å². The number of nitrogens with one attached hydrogen (secondary N) is 1. The minimum Gasteiger partial charge on any atom is -0.462 e. The van der Waals surface area contributed by atoms with E-state index in [4.69, 9.17) is 4.74 Å². The molecule has 3 nitrogen and oxygen atoms in total. The normalized spacial score (nSPS) is 9.64. The molecule has 0 radical (unpaired) electrons. The van der Waals surface area contributed by atoms with Crippen molar-refractivity contribution < 1.29 is 9.53 Å². The van der Waals surface area contributed by atoms with Crippen molar-refractivity contribution in [3.8, 4) is 0 Å². The number of anilines is 1. The average Bonchev–Trinajstić information content (AvgIpc) is 2.17. The number of benzene rings is 1. The average molecular weight is 305 g/mol. The zero-order valence-corrected chi connectivity index (χ0v) is 10.3. The second kappa shape index (κ2) is 5.19. The first-order valence-electron chi connectivity index (χ1n) is 4.33. The molecule has 0 atom stereocenters. The number of rotatable bonds is 3. The molecule has 0 aromatic heterocycles. The quantitative estimate of drug-likeness (QED) is 0.689. The molecule has 76 valence electrons. The third-order valence-corrected chi connectivity index (χ3v) is 2.42. The highest BCUT2D eigenvalue weighted by Crippen LogP contribution is 2.19. The zero-order valence-electron chi connectivity index (χ0n) is 8.13. The van der Waals surface area contributed by atoms with Crippen LogP contribution in [0.2, 0.25) is 0 Å². The van der Waals surface area contributed by atoms with Gasteiger partial charge in [-0.1, -0.05) is 0 Å². The van der Waals surface area contributed by atoms with E-state index >= 15 is 0 Å². The molecule has 0 fully saturated rings. The lowest BCUT2D eigenvalue weighted by molar-refractivity contribution is 0.0527. The first kappa shape index (κ1) is 11.3. The monoisotopic (exact) mass is 305 g/mol. The number of hydrogen-bond acceptors (Lipinski definition) is 3. The van der Waals surface area contributed by atoms with Gasteiger partial charge in [0.15, 0.2) is 0 Å². The van der Waals surface area contributed by atoms with Crippen molar-refractivity contribution in [3.63, 3.8) is 0 Å². The van der Waals surface area contributed by atoms with Gasteiger partial charge in [0.2, 0.25) is 0 Å². The van der Waals surface area contributed by atoms with Crippen molar-refractivity contribution in [2.24, 2.45) is 0 Å². The number of halogens is 1. The largest absolute Gasteiger partial charge is 0.462 e. The van der Waals surface area contributed by atoms with E-state index in [1.54, 1.807) is 20.0 Å². The number of hydrogen-bond donors (Lipinski definition) is 1. The molecule has 1 N–H and O–H groups in total. The lowest BCUT2D eigenvalue weighted by Crippen LogP contribution is -2.08. The van der Waals surface area contributed by atoms with Crippen molar-refractivity contribution in [2.45, 2.75) is 6.92 Å². The maximum Gasteiger partial charge on any atom is 0.340 e. The molecular formula is C10H12INO2. The van der Waals surface area contributed by atoms with Crippen LogP contribution in [-0.2, 0) is 4.74 Å². The first-order valence-corrected chi connectivity index (χ1v) is 5.41. The lowest BCUT2D eigenvalue weighted by atomic mass is 10.2. The van der Waals surface area contributed by atoms with Crippen LogP contribution >= 0.6 is 22.6 Å². The first-order chi connectivity index (χ1) is 6.69. The molecule has 0 aliphatic carbocycles. The van der Waals surface area contributed by atoms with E-state index in [2.05, 4.69) is 27.9 Å². The summed E-state index contributed by atoms with van der Waals surface area (Å²) in [4.78, 5) is 11.5. The Morgan fingerprint density at radius 2 is 2.29 bits per heavy atom. The molecule has 0 amide bonds. The van der Waals surface area contributed by atoms with Crippen LogP contribution < -0.4 is 5.32 Å². The third-order valence-electron chi connectivity index (χ3n) is 1.75. The summed E-state index contributed by atoms with van der Waals surface area (Å²) < 4.78 is 6.01. The molecular weight excluding hydrogens is 293 g/mol. The van der Waals surface area contributed by atoms with Crippen LogP contribution in [0.3, 0.4) is 0 Å². The van der Waals surface area contributed by atoms with Crippen molar-refractivity contribution in [1.29, 1.82) is 0 Å². The molecule has 0 bridgehead atoms. The van der Waals surface area contributed by atoms with E-state index in [0.717, 1.165) is 9.26 Å². The summed E-state index contributed by atoms with van der Waals surface area (Å²) in [7, 11) is 1.79. The van der Waals surface area contributed by atoms with Gasteiger partial charge in [0.05, 0.1) is 12.2 Å². The summed E-state index contributed by atoms with van der Waals surface area (Å²) >= 11 is 2.20. The fraction of sp³-hybridized carbons (Fsp3) is 0.300. The second-order valence-electron chi connectivity index (χ2n) is 2.66. The molecule has 4 heteroatoms. The number of carbonyl (C=O) groups excluding carboxylic acids is 1. The van der Waals surface area contributed by atoms with Crippen LogP contribution in [-0.4, -0.2) is 19.6 Å². The summed E-state index contributed by atoms with van der Waals surface area (Å²) in [5.41, 5.74) is 1.38. The van der Waals surface area contributed by atoms with Crippen LogP contribution in [0.15, 0.2) is 18.2 Å². The third kappa shape index (κ3) is 2.60. The van der Waals surface area contributed by atoms with Crippen LogP contribution in [0.1, 0.15) is 17.3 Å². The van der Waals surface area contributed by atoms with E-state index in [1.165, 1.54) is 0 Å². The van der Waals surface area contributed by atoms with Gasteiger partial charge in [-0.2, -0.15) is 0 Å². The van der Waals surface area contributed by atoms with Gasteiger partial charge >= 0.3 is 5.97 Å². The molecule has 1 rings (SSSR count). The zero-order chi connectivity index (χ0) is 10.6. The van der Waals surface area contributed by atoms with E-state index in [9.17, 15) is 4.79 Å². The van der Waals surface area contributed by atoms with Crippen molar-refractivity contribution >= 4 is 34.2 Å². The number of ether oxygens (including phenoxy) is 1. The molecule has 1 aromatic rings. The maximum absolute atomic E-state index is 11.5. The van der Waals surface area contributed by atoms with Crippen LogP contribution in [0.25, 0.3) is 0 Å². The molecule has 0 unspecified atom stereocenters. The minimum absolute atomic E-state index is 0.284. The van der Waals surface area contributed by atoms with Gasteiger partial charge in [-0.3, -0.25) is 0 Å². The highest BCUT2D eigenvalue weighted by molar-refractivity contribution is 14.1. The molecule has 14 heavy (non-hydrogen) atoms. The van der Waals surface area contributed by atoms with Gasteiger partial charge in [0.25, 0.3) is 0 Å². The predicted molar refractivity (Wildman–Crippen MR) is 64.7 cm³/mol. The minimum atomic E-state index is -0.284. The number of carbonyl (C=O) groups is 1. The van der Waals surface area contributed by atoms with Crippen molar-refractivity contribution in [2.75, 3.05) is 19.0 Å². The number of esters is 1. The molecule has 0 aliphatic rings. The van der Waals surface area contributed by atoms with E-state index in [0.29, 0.717) is 12.2 Å². The Morgan fingerprint density at radius 1 is 1.57 bits per heavy atom. The SMILES string of the molecule is CCOC(=O)c1ccc(I)cc1NC. The van der Waals surface area contributed by atoms with Crippen LogP contribution in [0, 0.1) is 3.57 Å². The van der Waals surface area contributed by atoms with E-state index < -0.39 is 0 Å². The highest BCUT2D eigenvalue weighted by Gasteiger charge is 2.11. The molecule has 0 saturated carbocycles. The molecule has 0 heterocycles. The van der Waals surface area contributed by atoms with E-state index in [-0.39, 0.29) is 5.97 Å². The highest BCUT2D eigenvalue weighted by atomic mass is 127. The van der Waals surface area contributed by atoms with Gasteiger partial charge in [0.1, 0.15) is 0 Å². The lowest BCUT2D eigenvalue weighted by Gasteiger charge is -2.08. The Morgan fingerprint density at radius 3 is 2.86 bits per heavy atom. The fourth-order valence-electron chi connectivity index (χ4n) is 1.11. The van der Waals surface area contributed by atoms with Crippen molar-refractivity contribution in [1.82, 2.24) is 0 Å². The summed E-state index contributed by atoms with van der Waals surface area (Å²) in [6.45, 7) is 2.19. The van der Waals surface area contributed by atoms with Crippen LogP contribution in [0.5, 0.6) is 0 Å². The summed E-state index contributed by atoms with van der Waals surface area (Å²) in [5.74, 6) is -0.284. The fourth-order valence-corrected chi connectivity index (χ4v) is 1.60. The second-order valence-corrected chi connectivity index (χ2v) is 3.91. The Labute approximate surface area is 97.0 Å². The maximum atomic E-state index is 11.5. The molecule has 0 spiro atoms. The van der Waals surface area contributed by atoms with Gasteiger partial charge in [-0.25, -0.2) is 4.79 Å². The standard InChI is InChI=1S/C10H12INO2/c1-3-14-10(13)8-5-4-7(11)6-9(8)12-2/h4-6,12H,3H2,1-2H3. The van der Waals surface area contributed by atoms with E-state index in [1.807, 2.05) is 12.1 Å². The van der Waals surface area contributed by atoms with Crippen molar-refractivity contribution in [3.05, 3.63) is 27.3 Å². The Hall–Kier alpha value is -0.780. The van der Waals surface area contributed by atoms with Gasteiger partial charge in [0, 0.05) is 16.3 Å². The van der Waals surface area contributed by atoms with Gasteiger partial charge < -0.3 is 10.1 Å². The molecule has 0 aliphatic heterocycles. The predicted octanol–water partition coefficient (Wildman–Crippen LogP) is 2.51. The molecule has 0 saturated heterocycles. The summed E-state index contributed by atoms with van der Waals surface area (Å²) in [6.07, 6.45) is 0. The molecule has 1 aromatic carbocycles. The summed E-state index contributed by atoms with van der Waals surface area (Å²) in [5, 5.41) is 2.97. The van der Waals surface area contributed by atoms with Gasteiger partial charge in [-0.05, 0) is 47.7 Å². The summed E-state index contributed by atoms with van der Waals surface area (Å²) in [6, 6.07) is 5.56.